The lowest BCUT2D eigenvalue weighted by Crippen LogP contribution is -2.72. The van der Waals surface area contributed by atoms with Crippen molar-refractivity contribution in [3.8, 4) is 6.07 Å². The highest BCUT2D eigenvalue weighted by Crippen LogP contribution is 2.37. The number of nitriles is 1. The maximum absolute atomic E-state index is 12.2. The molecule has 1 heterocycles. The molecule has 20 heavy (non-hydrogen) atoms. The van der Waals surface area contributed by atoms with Gasteiger partial charge in [0.15, 0.2) is 0 Å². The third-order valence-corrected chi connectivity index (χ3v) is 4.25. The molecule has 3 rings (SSSR count). The molecule has 2 fully saturated rings. The Kier molecular flexibility index (Phi) is 3.43. The molecule has 0 spiro atoms. The molecule has 0 bridgehead atoms. The number of rotatable bonds is 2. The Morgan fingerprint density at radius 2 is 2.15 bits per heavy atom. The predicted molar refractivity (Wildman–Crippen MR) is 72.9 cm³/mol. The van der Waals surface area contributed by atoms with Crippen LogP contribution in [0, 0.1) is 17.2 Å². The normalized spacial score (nSPS) is 31.6. The van der Waals surface area contributed by atoms with Crippen LogP contribution in [0.3, 0.4) is 0 Å². The Hall–Kier alpha value is -1.90. The van der Waals surface area contributed by atoms with Crippen molar-refractivity contribution in [2.24, 2.45) is 11.7 Å². The van der Waals surface area contributed by atoms with E-state index in [-0.39, 0.29) is 24.1 Å². The highest BCUT2D eigenvalue weighted by molar-refractivity contribution is 5.94. The van der Waals surface area contributed by atoms with Gasteiger partial charge in [0.05, 0.1) is 23.8 Å². The van der Waals surface area contributed by atoms with E-state index in [4.69, 9.17) is 15.7 Å². The van der Waals surface area contributed by atoms with Gasteiger partial charge < -0.3 is 15.8 Å². The van der Waals surface area contributed by atoms with Crippen LogP contribution in [0.25, 0.3) is 0 Å². The second-order valence-electron chi connectivity index (χ2n) is 5.41. The van der Waals surface area contributed by atoms with Crippen LogP contribution in [0.4, 0.5) is 0 Å². The summed E-state index contributed by atoms with van der Waals surface area (Å²) in [6, 6.07) is 8.46. The molecule has 1 saturated heterocycles. The third kappa shape index (κ3) is 2.17. The largest absolute Gasteiger partial charge is 0.376 e. The molecule has 1 amide bonds. The van der Waals surface area contributed by atoms with E-state index in [2.05, 4.69) is 5.32 Å². The summed E-state index contributed by atoms with van der Waals surface area (Å²) >= 11 is 0. The molecule has 0 aromatic heterocycles. The third-order valence-electron chi connectivity index (χ3n) is 4.25. The number of nitrogens with zero attached hydrogens (tertiary/aromatic N) is 1. The monoisotopic (exact) mass is 271 g/mol. The number of hydrogen-bond donors (Lipinski definition) is 2. The molecule has 4 atom stereocenters. The second kappa shape index (κ2) is 5.23. The quantitative estimate of drug-likeness (QED) is 0.832. The van der Waals surface area contributed by atoms with Gasteiger partial charge >= 0.3 is 0 Å². The number of hydrogen-bond acceptors (Lipinski definition) is 4. The van der Waals surface area contributed by atoms with Gasteiger partial charge in [-0.1, -0.05) is 0 Å². The number of fused-ring (bicyclic) bond motifs is 1. The zero-order valence-corrected chi connectivity index (χ0v) is 11.1. The molecule has 1 aromatic carbocycles. The summed E-state index contributed by atoms with van der Waals surface area (Å²) in [7, 11) is 0. The smallest absolute Gasteiger partial charge is 0.251 e. The van der Waals surface area contributed by atoms with E-state index in [1.54, 1.807) is 24.3 Å². The lowest BCUT2D eigenvalue weighted by Gasteiger charge is -2.52. The van der Waals surface area contributed by atoms with Gasteiger partial charge in [0.1, 0.15) is 0 Å². The first-order chi connectivity index (χ1) is 9.70. The number of amides is 1. The van der Waals surface area contributed by atoms with Gasteiger partial charge in [0, 0.05) is 24.1 Å². The zero-order chi connectivity index (χ0) is 14.1. The van der Waals surface area contributed by atoms with Crippen molar-refractivity contribution >= 4 is 5.91 Å². The van der Waals surface area contributed by atoms with Crippen LogP contribution in [-0.2, 0) is 4.74 Å². The molecule has 5 heteroatoms. The second-order valence-corrected chi connectivity index (χ2v) is 5.41. The van der Waals surface area contributed by atoms with E-state index in [1.807, 2.05) is 6.07 Å². The maximum atomic E-state index is 12.2. The Morgan fingerprint density at radius 3 is 2.85 bits per heavy atom. The zero-order valence-electron chi connectivity index (χ0n) is 11.1. The van der Waals surface area contributed by atoms with Crippen molar-refractivity contribution in [3.63, 3.8) is 0 Å². The number of nitrogens with two attached hydrogens (primary N) is 1. The minimum Gasteiger partial charge on any atom is -0.376 e. The number of benzene rings is 1. The summed E-state index contributed by atoms with van der Waals surface area (Å²) in [5.41, 5.74) is 7.19. The molecule has 2 aliphatic rings. The fourth-order valence-corrected chi connectivity index (χ4v) is 3.06. The fraction of sp³-hybridized carbons (Fsp3) is 0.467. The summed E-state index contributed by atoms with van der Waals surface area (Å²) in [4.78, 5) is 12.2. The predicted octanol–water partition coefficient (Wildman–Crippen LogP) is 0.793. The minimum absolute atomic E-state index is 0.0253. The number of carbonyl (C=O) groups is 1. The molecule has 104 valence electrons. The average molecular weight is 271 g/mol. The Bertz CT molecular complexity index is 549. The van der Waals surface area contributed by atoms with Gasteiger partial charge in [-0.3, -0.25) is 4.79 Å². The standard InChI is InChI=1S/C15H17N3O2/c16-8-9-3-5-10(6-4-9)15(19)18-13-12(17)11-2-1-7-20-14(11)13/h3-6,11-14H,1-2,7,17H2,(H,18,19). The molecule has 1 aliphatic carbocycles. The van der Waals surface area contributed by atoms with Crippen LogP contribution in [0.5, 0.6) is 0 Å². The van der Waals surface area contributed by atoms with E-state index in [0.29, 0.717) is 17.0 Å². The summed E-state index contributed by atoms with van der Waals surface area (Å²) in [5.74, 6) is 0.206. The van der Waals surface area contributed by atoms with Gasteiger partial charge in [-0.05, 0) is 37.1 Å². The summed E-state index contributed by atoms with van der Waals surface area (Å²) < 4.78 is 5.70. The van der Waals surface area contributed by atoms with Crippen LogP contribution in [-0.4, -0.2) is 30.7 Å². The van der Waals surface area contributed by atoms with Crippen molar-refractivity contribution in [2.75, 3.05) is 6.61 Å². The van der Waals surface area contributed by atoms with E-state index < -0.39 is 0 Å². The fourth-order valence-electron chi connectivity index (χ4n) is 3.06. The average Bonchev–Trinajstić information content (AvgIpc) is 2.52. The molecule has 3 N–H and O–H groups in total. The first kappa shape index (κ1) is 13.1. The van der Waals surface area contributed by atoms with E-state index in [0.717, 1.165) is 19.4 Å². The van der Waals surface area contributed by atoms with Crippen LogP contribution >= 0.6 is 0 Å². The number of ether oxygens (including phenoxy) is 1. The Labute approximate surface area is 117 Å². The van der Waals surface area contributed by atoms with E-state index >= 15 is 0 Å². The molecular formula is C15H17N3O2. The Morgan fingerprint density at radius 1 is 1.40 bits per heavy atom. The van der Waals surface area contributed by atoms with Crippen molar-refractivity contribution < 1.29 is 9.53 Å². The van der Waals surface area contributed by atoms with Gasteiger partial charge in [-0.25, -0.2) is 0 Å². The molecule has 1 aliphatic heterocycles. The first-order valence-electron chi connectivity index (χ1n) is 6.89. The van der Waals surface area contributed by atoms with Gasteiger partial charge in [-0.15, -0.1) is 0 Å². The lowest BCUT2D eigenvalue weighted by molar-refractivity contribution is -0.117. The summed E-state index contributed by atoms with van der Waals surface area (Å²) in [5, 5.41) is 11.7. The first-order valence-corrected chi connectivity index (χ1v) is 6.89. The van der Waals surface area contributed by atoms with Gasteiger partial charge in [0.25, 0.3) is 5.91 Å². The molecule has 1 saturated carbocycles. The minimum atomic E-state index is -0.164. The number of nitrogens with one attached hydrogen (secondary N) is 1. The van der Waals surface area contributed by atoms with Crippen molar-refractivity contribution in [1.82, 2.24) is 5.32 Å². The lowest BCUT2D eigenvalue weighted by atomic mass is 9.68. The summed E-state index contributed by atoms with van der Waals surface area (Å²) in [6.07, 6.45) is 2.18. The molecular weight excluding hydrogens is 254 g/mol. The van der Waals surface area contributed by atoms with Crippen molar-refractivity contribution in [1.29, 1.82) is 5.26 Å². The van der Waals surface area contributed by atoms with Crippen LogP contribution in [0.15, 0.2) is 24.3 Å². The van der Waals surface area contributed by atoms with Crippen LogP contribution < -0.4 is 11.1 Å². The molecule has 4 unspecified atom stereocenters. The van der Waals surface area contributed by atoms with Gasteiger partial charge in [0.2, 0.25) is 0 Å². The molecule has 5 nitrogen and oxygen atoms in total. The SMILES string of the molecule is N#Cc1ccc(C(=O)NC2C(N)C3CCCOC32)cc1. The molecule has 1 aromatic rings. The number of carbonyl (C=O) groups excluding carboxylic acids is 1. The highest BCUT2D eigenvalue weighted by atomic mass is 16.5. The van der Waals surface area contributed by atoms with Crippen LogP contribution in [0.1, 0.15) is 28.8 Å². The van der Waals surface area contributed by atoms with E-state index in [1.165, 1.54) is 0 Å². The van der Waals surface area contributed by atoms with Crippen molar-refractivity contribution in [2.45, 2.75) is 31.0 Å². The molecule has 0 radical (unpaired) electrons. The Balaban J connectivity index is 1.65. The van der Waals surface area contributed by atoms with Crippen molar-refractivity contribution in [3.05, 3.63) is 35.4 Å². The van der Waals surface area contributed by atoms with Gasteiger partial charge in [-0.2, -0.15) is 5.26 Å². The maximum Gasteiger partial charge on any atom is 0.251 e. The van der Waals surface area contributed by atoms with E-state index in [9.17, 15) is 4.79 Å². The topological polar surface area (TPSA) is 88.1 Å². The van der Waals surface area contributed by atoms with Crippen LogP contribution in [0.2, 0.25) is 0 Å². The highest BCUT2D eigenvalue weighted by Gasteiger charge is 2.51. The summed E-state index contributed by atoms with van der Waals surface area (Å²) in [6.45, 7) is 0.747.